The third-order valence-corrected chi connectivity index (χ3v) is 3.60. The molecule has 3 rings (SSSR count). The van der Waals surface area contributed by atoms with Crippen molar-refractivity contribution in [3.63, 3.8) is 0 Å². The molecule has 146 valence electrons. The first kappa shape index (κ1) is 19.1. The van der Waals surface area contributed by atoms with E-state index in [1.54, 1.807) is 12.1 Å². The maximum absolute atomic E-state index is 12.9. The molecule has 9 nitrogen and oxygen atoms in total. The van der Waals surface area contributed by atoms with Crippen LogP contribution in [0.4, 0.5) is 4.39 Å². The second-order valence-corrected chi connectivity index (χ2v) is 5.74. The van der Waals surface area contributed by atoms with Crippen molar-refractivity contribution in [1.82, 2.24) is 21.0 Å². The minimum Gasteiger partial charge on any atom is -0.481 e. The highest BCUT2D eigenvalue weighted by atomic mass is 19.1. The average molecular weight is 388 g/mol. The van der Waals surface area contributed by atoms with Crippen LogP contribution in [-0.2, 0) is 16.0 Å². The Morgan fingerprint density at radius 1 is 1.21 bits per heavy atom. The van der Waals surface area contributed by atoms with Crippen LogP contribution in [0.5, 0.6) is 5.75 Å². The van der Waals surface area contributed by atoms with Gasteiger partial charge >= 0.3 is 0 Å². The topological polar surface area (TPSA) is 119 Å². The number of hydrogen-bond donors (Lipinski definition) is 2. The Labute approximate surface area is 158 Å². The summed E-state index contributed by atoms with van der Waals surface area (Å²) in [5, 5.41) is 3.76. The lowest BCUT2D eigenvalue weighted by atomic mass is 10.3. The molecule has 0 spiro atoms. The first-order chi connectivity index (χ1) is 13.5. The van der Waals surface area contributed by atoms with E-state index in [0.717, 1.165) is 0 Å². The van der Waals surface area contributed by atoms with E-state index in [9.17, 15) is 14.0 Å². The molecule has 2 aromatic heterocycles. The van der Waals surface area contributed by atoms with Gasteiger partial charge in [0.2, 0.25) is 17.6 Å². The Balaban J connectivity index is 1.40. The smallest absolute Gasteiger partial charge is 0.279 e. The minimum atomic E-state index is -0.891. The number of ether oxygens (including phenoxy) is 1. The van der Waals surface area contributed by atoms with Crippen molar-refractivity contribution >= 4 is 11.8 Å². The predicted molar refractivity (Wildman–Crippen MR) is 93.1 cm³/mol. The maximum Gasteiger partial charge on any atom is 0.279 e. The molecule has 3 aromatic rings. The monoisotopic (exact) mass is 388 g/mol. The van der Waals surface area contributed by atoms with Crippen molar-refractivity contribution in [2.75, 3.05) is 0 Å². The molecular formula is C18H17FN4O5. The van der Waals surface area contributed by atoms with Gasteiger partial charge in [0, 0.05) is 12.8 Å². The molecule has 0 aliphatic heterocycles. The van der Waals surface area contributed by atoms with E-state index in [1.165, 1.54) is 37.5 Å². The number of hydrazine groups is 1. The van der Waals surface area contributed by atoms with Crippen molar-refractivity contribution in [1.29, 1.82) is 0 Å². The van der Waals surface area contributed by atoms with Crippen molar-refractivity contribution < 1.29 is 27.7 Å². The number of hydrogen-bond acceptors (Lipinski definition) is 7. The van der Waals surface area contributed by atoms with Gasteiger partial charge in [-0.25, -0.2) is 4.39 Å². The lowest BCUT2D eigenvalue weighted by Gasteiger charge is -2.15. The molecule has 0 radical (unpaired) electrons. The van der Waals surface area contributed by atoms with Crippen molar-refractivity contribution in [2.45, 2.75) is 25.9 Å². The van der Waals surface area contributed by atoms with Crippen LogP contribution < -0.4 is 15.6 Å². The molecule has 1 unspecified atom stereocenters. The summed E-state index contributed by atoms with van der Waals surface area (Å²) < 4.78 is 28.4. The molecule has 1 aromatic carbocycles. The van der Waals surface area contributed by atoms with Gasteiger partial charge in [-0.05, 0) is 43.3 Å². The molecule has 2 heterocycles. The lowest BCUT2D eigenvalue weighted by molar-refractivity contribution is -0.132. The maximum atomic E-state index is 12.9. The Morgan fingerprint density at radius 2 is 2.00 bits per heavy atom. The van der Waals surface area contributed by atoms with Gasteiger partial charge in [-0.2, -0.15) is 4.98 Å². The van der Waals surface area contributed by atoms with Crippen LogP contribution >= 0.6 is 0 Å². The number of amides is 2. The molecule has 0 saturated heterocycles. The molecule has 0 saturated carbocycles. The van der Waals surface area contributed by atoms with Crippen molar-refractivity contribution in [2.24, 2.45) is 0 Å². The minimum absolute atomic E-state index is 0.0211. The SMILES string of the molecule is CC(Oc1ccc(F)cc1)C(=O)NNC(=O)CCc1nc(-c2ccco2)no1. The van der Waals surface area contributed by atoms with Crippen LogP contribution in [-0.4, -0.2) is 28.1 Å². The summed E-state index contributed by atoms with van der Waals surface area (Å²) in [5.74, 6) is -0.0627. The molecular weight excluding hydrogens is 371 g/mol. The summed E-state index contributed by atoms with van der Waals surface area (Å²) in [6.45, 7) is 1.50. The number of halogens is 1. The number of nitrogens with one attached hydrogen (secondary N) is 2. The number of carbonyl (C=O) groups is 2. The highest BCUT2D eigenvalue weighted by molar-refractivity contribution is 5.84. The quantitative estimate of drug-likeness (QED) is 0.594. The molecule has 1 atom stereocenters. The Hall–Kier alpha value is -3.69. The van der Waals surface area contributed by atoms with E-state index in [0.29, 0.717) is 17.3 Å². The van der Waals surface area contributed by atoms with Gasteiger partial charge in [0.15, 0.2) is 11.9 Å². The van der Waals surface area contributed by atoms with Crippen molar-refractivity contribution in [3.05, 3.63) is 54.4 Å². The first-order valence-electron chi connectivity index (χ1n) is 8.38. The fourth-order valence-electron chi connectivity index (χ4n) is 2.15. The van der Waals surface area contributed by atoms with Gasteiger partial charge in [-0.3, -0.25) is 20.4 Å². The summed E-state index contributed by atoms with van der Waals surface area (Å²) >= 11 is 0. The zero-order valence-electron chi connectivity index (χ0n) is 14.8. The van der Waals surface area contributed by atoms with E-state index < -0.39 is 23.7 Å². The Bertz CT molecular complexity index is 924. The summed E-state index contributed by atoms with van der Waals surface area (Å²) in [6.07, 6.45) is 0.810. The largest absolute Gasteiger partial charge is 0.481 e. The van der Waals surface area contributed by atoms with E-state index in [-0.39, 0.29) is 18.7 Å². The van der Waals surface area contributed by atoms with E-state index in [2.05, 4.69) is 21.0 Å². The van der Waals surface area contributed by atoms with Crippen LogP contribution in [0.15, 0.2) is 51.6 Å². The van der Waals surface area contributed by atoms with E-state index in [1.807, 2.05) is 0 Å². The number of benzene rings is 1. The average Bonchev–Trinajstić information content (AvgIpc) is 3.37. The number of furan rings is 1. The fourth-order valence-corrected chi connectivity index (χ4v) is 2.15. The van der Waals surface area contributed by atoms with Gasteiger partial charge < -0.3 is 13.7 Å². The zero-order chi connectivity index (χ0) is 19.9. The summed E-state index contributed by atoms with van der Waals surface area (Å²) in [6, 6.07) is 8.62. The van der Waals surface area contributed by atoms with Crippen molar-refractivity contribution in [3.8, 4) is 17.3 Å². The van der Waals surface area contributed by atoms with Crippen LogP contribution in [0.1, 0.15) is 19.2 Å². The second kappa shape index (κ2) is 8.80. The summed E-state index contributed by atoms with van der Waals surface area (Å²) in [4.78, 5) is 27.9. The Kier molecular flexibility index (Phi) is 6.00. The van der Waals surface area contributed by atoms with Gasteiger partial charge in [0.1, 0.15) is 11.6 Å². The third-order valence-electron chi connectivity index (χ3n) is 3.60. The summed E-state index contributed by atoms with van der Waals surface area (Å²) in [5.41, 5.74) is 4.53. The predicted octanol–water partition coefficient (Wildman–Crippen LogP) is 2.02. The molecule has 0 fully saturated rings. The van der Waals surface area contributed by atoms with Crippen LogP contribution in [0.3, 0.4) is 0 Å². The highest BCUT2D eigenvalue weighted by Crippen LogP contribution is 2.16. The van der Waals surface area contributed by atoms with E-state index >= 15 is 0 Å². The van der Waals surface area contributed by atoms with Crippen LogP contribution in [0, 0.1) is 5.82 Å². The molecule has 28 heavy (non-hydrogen) atoms. The Morgan fingerprint density at radius 3 is 2.71 bits per heavy atom. The first-order valence-corrected chi connectivity index (χ1v) is 8.38. The fraction of sp³-hybridized carbons (Fsp3) is 0.222. The molecule has 2 N–H and O–H groups in total. The van der Waals surface area contributed by atoms with Crippen LogP contribution in [0.25, 0.3) is 11.6 Å². The summed E-state index contributed by atoms with van der Waals surface area (Å²) in [7, 11) is 0. The van der Waals surface area contributed by atoms with Gasteiger partial charge in [-0.1, -0.05) is 5.16 Å². The standard InChI is InChI=1S/C18H17FN4O5/c1-11(27-13-6-4-12(19)5-7-13)18(25)22-21-15(24)8-9-16-20-17(23-28-16)14-3-2-10-26-14/h2-7,10-11H,8-9H2,1H3,(H,21,24)(H,22,25). The van der Waals surface area contributed by atoms with Gasteiger partial charge in [-0.15, -0.1) is 0 Å². The molecule has 2 amide bonds. The second-order valence-electron chi connectivity index (χ2n) is 5.74. The number of aryl methyl sites for hydroxylation is 1. The van der Waals surface area contributed by atoms with Crippen LogP contribution in [0.2, 0.25) is 0 Å². The zero-order valence-corrected chi connectivity index (χ0v) is 14.8. The normalized spacial score (nSPS) is 11.6. The van der Waals surface area contributed by atoms with Gasteiger partial charge in [0.25, 0.3) is 5.91 Å². The molecule has 0 aliphatic rings. The highest BCUT2D eigenvalue weighted by Gasteiger charge is 2.16. The molecule has 0 bridgehead atoms. The number of carbonyl (C=O) groups excluding carboxylic acids is 2. The third kappa shape index (κ3) is 5.16. The van der Waals surface area contributed by atoms with Gasteiger partial charge in [0.05, 0.1) is 6.26 Å². The number of aromatic nitrogens is 2. The molecule has 10 heteroatoms. The number of nitrogens with zero attached hydrogens (tertiary/aromatic N) is 2. The molecule has 0 aliphatic carbocycles. The lowest BCUT2D eigenvalue weighted by Crippen LogP contribution is -2.47. The number of rotatable bonds is 7. The van der Waals surface area contributed by atoms with E-state index in [4.69, 9.17) is 13.7 Å².